The molecule has 9 nitrogen and oxygen atoms in total. The number of phosphoric acid groups is 1. The van der Waals surface area contributed by atoms with Gasteiger partial charge in [0, 0.05) is 12.8 Å². The maximum Gasteiger partial charge on any atom is 0.306 e. The topological polar surface area (TPSA) is 111 Å². The number of ether oxygens (including phenoxy) is 2. The number of rotatable bonds is 57. The Morgan fingerprint density at radius 3 is 1.00 bits per heavy atom. The first kappa shape index (κ1) is 77.6. The SMILES string of the molecule is CC/C=C\C/C=C\C/C=C\C/C=C\C/C=C\C/C=C\C/C=C\C/C=C\CCCCC(=O)OC(COC(=O)CCCCCCCCCCCCCCCCC/C=C\C/C=C\C/C=C\C/C=C\C/C=C\CC)COP(=O)([O-])OCC[N+](C)(C)C. The lowest BCUT2D eigenvalue weighted by molar-refractivity contribution is -0.870. The molecule has 0 saturated heterocycles. The third kappa shape index (κ3) is 64.8. The second-order valence-electron chi connectivity index (χ2n) is 22.0. The summed E-state index contributed by atoms with van der Waals surface area (Å²) in [6, 6.07) is 0. The van der Waals surface area contributed by atoms with E-state index < -0.39 is 32.5 Å². The Kier molecular flexibility index (Phi) is 57.9. The highest BCUT2D eigenvalue weighted by atomic mass is 31.2. The Balaban J connectivity index is 4.21. The Labute approximate surface area is 503 Å². The van der Waals surface area contributed by atoms with Crippen LogP contribution in [0.3, 0.4) is 0 Å². The van der Waals surface area contributed by atoms with E-state index in [0.717, 1.165) is 116 Å². The van der Waals surface area contributed by atoms with E-state index in [4.69, 9.17) is 18.5 Å². The van der Waals surface area contributed by atoms with Crippen molar-refractivity contribution in [2.24, 2.45) is 0 Å². The van der Waals surface area contributed by atoms with Gasteiger partial charge < -0.3 is 27.9 Å². The fourth-order valence-corrected chi connectivity index (χ4v) is 8.90. The van der Waals surface area contributed by atoms with E-state index in [1.165, 1.54) is 77.0 Å². The van der Waals surface area contributed by atoms with E-state index in [0.29, 0.717) is 23.9 Å². The molecule has 0 aliphatic rings. The number of unbranched alkanes of at least 4 members (excludes halogenated alkanes) is 17. The lowest BCUT2D eigenvalue weighted by Gasteiger charge is -2.28. The number of quaternary nitrogens is 1. The summed E-state index contributed by atoms with van der Waals surface area (Å²) in [6.45, 7) is 3.95. The second-order valence-corrected chi connectivity index (χ2v) is 23.4. The van der Waals surface area contributed by atoms with Gasteiger partial charge in [-0.05, 0) is 122 Å². The van der Waals surface area contributed by atoms with Gasteiger partial charge in [0.1, 0.15) is 19.8 Å². The van der Waals surface area contributed by atoms with Crippen LogP contribution in [0, 0.1) is 0 Å². The number of hydrogen-bond donors (Lipinski definition) is 0. The maximum absolute atomic E-state index is 12.8. The van der Waals surface area contributed by atoms with Gasteiger partial charge in [-0.1, -0.05) is 255 Å². The van der Waals surface area contributed by atoms with E-state index in [1.807, 2.05) is 21.1 Å². The summed E-state index contributed by atoms with van der Waals surface area (Å²) in [7, 11) is 1.12. The van der Waals surface area contributed by atoms with E-state index in [1.54, 1.807) is 0 Å². The molecule has 0 aliphatic heterocycles. The molecule has 0 heterocycles. The highest BCUT2D eigenvalue weighted by Gasteiger charge is 2.21. The summed E-state index contributed by atoms with van der Waals surface area (Å²) < 4.78 is 34.2. The molecule has 2 atom stereocenters. The van der Waals surface area contributed by atoms with Crippen LogP contribution in [-0.4, -0.2) is 70.0 Å². The third-order valence-electron chi connectivity index (χ3n) is 13.0. The molecule has 0 saturated carbocycles. The van der Waals surface area contributed by atoms with Crippen molar-refractivity contribution in [2.75, 3.05) is 47.5 Å². The molecule has 0 amide bonds. The molecule has 0 fully saturated rings. The lowest BCUT2D eigenvalue weighted by Crippen LogP contribution is -2.37. The molecule has 0 aliphatic carbocycles. The maximum atomic E-state index is 12.8. The normalized spacial score (nSPS) is 14.3. The van der Waals surface area contributed by atoms with Crippen LogP contribution in [0.5, 0.6) is 0 Å². The van der Waals surface area contributed by atoms with Crippen LogP contribution < -0.4 is 4.89 Å². The first-order valence-corrected chi connectivity index (χ1v) is 33.7. The van der Waals surface area contributed by atoms with Gasteiger partial charge >= 0.3 is 11.9 Å². The van der Waals surface area contributed by atoms with Crippen LogP contribution >= 0.6 is 7.82 Å². The minimum Gasteiger partial charge on any atom is -0.756 e. The summed E-state index contributed by atoms with van der Waals surface area (Å²) in [5.41, 5.74) is 0. The van der Waals surface area contributed by atoms with Crippen molar-refractivity contribution >= 4 is 19.8 Å². The summed E-state index contributed by atoms with van der Waals surface area (Å²) in [5.74, 6) is -0.894. The molecule has 0 aromatic carbocycles. The number of nitrogens with zero attached hydrogens (tertiary/aromatic N) is 1. The predicted octanol–water partition coefficient (Wildman–Crippen LogP) is 20.2. The number of esters is 2. The molecule has 0 spiro atoms. The van der Waals surface area contributed by atoms with Crippen molar-refractivity contribution in [1.29, 1.82) is 0 Å². The van der Waals surface area contributed by atoms with Gasteiger partial charge in [-0.3, -0.25) is 14.2 Å². The fourth-order valence-electron chi connectivity index (χ4n) is 8.17. The van der Waals surface area contributed by atoms with Crippen LogP contribution in [-0.2, 0) is 32.7 Å². The van der Waals surface area contributed by atoms with E-state index in [9.17, 15) is 19.0 Å². The zero-order chi connectivity index (χ0) is 59.8. The first-order valence-electron chi connectivity index (χ1n) is 32.2. The zero-order valence-corrected chi connectivity index (χ0v) is 53.5. The number of allylic oxidation sites excluding steroid dienone is 26. The van der Waals surface area contributed by atoms with Crippen LogP contribution in [0.15, 0.2) is 158 Å². The van der Waals surface area contributed by atoms with Crippen LogP contribution in [0.2, 0.25) is 0 Å². The average molecular weight is 1160 g/mol. The smallest absolute Gasteiger partial charge is 0.306 e. The molecule has 0 aromatic heterocycles. The minimum absolute atomic E-state index is 0.0478. The van der Waals surface area contributed by atoms with Crippen molar-refractivity contribution in [3.8, 4) is 0 Å². The monoisotopic (exact) mass is 1160 g/mol. The standard InChI is InChI=1S/C72H118NO8P/c1-6-8-10-12-14-16-18-20-22-24-26-28-30-32-34-35-36-37-39-40-42-44-46-48-50-52-54-56-58-60-62-64-71(74)78-68-70(69-80-82(76,77)79-67-66-73(3,4)5)81-72(75)65-63-61-59-57-55-53-51-49-47-45-43-41-38-33-31-29-27-25-23-21-19-17-15-13-11-9-7-2/h8-11,14-17,20-23,26-29,32-34,38,43,45,49,51,55,57,70H,6-7,12-13,18-19,24-25,30-31,35-37,39-42,44,46-48,50,52-54,56,58-69H2,1-5H3/b10-8-,11-9-,16-14-,17-15-,22-20-,23-21-,28-26-,29-27-,34-32-,38-33-,45-43-,51-49-,57-55-. The predicted molar refractivity (Wildman–Crippen MR) is 350 cm³/mol. The molecule has 0 radical (unpaired) electrons. The summed E-state index contributed by atoms with van der Waals surface area (Å²) >= 11 is 0. The summed E-state index contributed by atoms with van der Waals surface area (Å²) in [5, 5.41) is 0. The fraction of sp³-hybridized carbons (Fsp3) is 0.611. The van der Waals surface area contributed by atoms with Crippen LogP contribution in [0.4, 0.5) is 0 Å². The van der Waals surface area contributed by atoms with Gasteiger partial charge in [-0.15, -0.1) is 0 Å². The van der Waals surface area contributed by atoms with Crippen molar-refractivity contribution < 1.29 is 42.1 Å². The molecular formula is C72H118NO8P. The molecule has 464 valence electrons. The van der Waals surface area contributed by atoms with Gasteiger partial charge in [-0.2, -0.15) is 0 Å². The zero-order valence-electron chi connectivity index (χ0n) is 52.6. The molecule has 0 bridgehead atoms. The highest BCUT2D eigenvalue weighted by Crippen LogP contribution is 2.38. The lowest BCUT2D eigenvalue weighted by atomic mass is 10.0. The number of hydrogen-bond acceptors (Lipinski definition) is 8. The number of carbonyl (C=O) groups is 2. The highest BCUT2D eigenvalue weighted by molar-refractivity contribution is 7.45. The Hall–Kier alpha value is -4.37. The van der Waals surface area contributed by atoms with Crippen molar-refractivity contribution in [3.63, 3.8) is 0 Å². The number of likely N-dealkylation sites (N-methyl/N-ethyl adjacent to an activating group) is 1. The largest absolute Gasteiger partial charge is 0.756 e. The summed E-state index contributed by atoms with van der Waals surface area (Å²) in [6.07, 6.45) is 91.6. The Bertz CT molecular complexity index is 1940. The van der Waals surface area contributed by atoms with Gasteiger partial charge in [0.2, 0.25) is 0 Å². The molecule has 2 unspecified atom stereocenters. The molecule has 0 rings (SSSR count). The van der Waals surface area contributed by atoms with Gasteiger partial charge in [0.05, 0.1) is 27.7 Å². The molecule has 0 aromatic rings. The molecular weight excluding hydrogens is 1040 g/mol. The molecule has 10 heteroatoms. The summed E-state index contributed by atoms with van der Waals surface area (Å²) in [4.78, 5) is 38.0. The van der Waals surface area contributed by atoms with Gasteiger partial charge in [-0.25, -0.2) is 0 Å². The quantitative estimate of drug-likeness (QED) is 0.0195. The molecule has 82 heavy (non-hydrogen) atoms. The minimum atomic E-state index is -4.66. The van der Waals surface area contributed by atoms with Crippen LogP contribution in [0.1, 0.15) is 232 Å². The Morgan fingerprint density at radius 2 is 0.659 bits per heavy atom. The van der Waals surface area contributed by atoms with E-state index in [2.05, 4.69) is 172 Å². The number of carbonyl (C=O) groups excluding carboxylic acids is 2. The first-order chi connectivity index (χ1) is 40.0. The van der Waals surface area contributed by atoms with Gasteiger partial charge in [0.15, 0.2) is 6.10 Å². The average Bonchev–Trinajstić information content (AvgIpc) is 3.46. The van der Waals surface area contributed by atoms with Crippen molar-refractivity contribution in [1.82, 2.24) is 0 Å². The van der Waals surface area contributed by atoms with Gasteiger partial charge in [0.25, 0.3) is 7.82 Å². The second kappa shape index (κ2) is 61.2. The van der Waals surface area contributed by atoms with E-state index >= 15 is 0 Å². The van der Waals surface area contributed by atoms with Crippen LogP contribution in [0.25, 0.3) is 0 Å². The van der Waals surface area contributed by atoms with Crippen molar-refractivity contribution in [2.45, 2.75) is 238 Å². The number of phosphoric ester groups is 1. The van der Waals surface area contributed by atoms with Crippen molar-refractivity contribution in [3.05, 3.63) is 158 Å². The van der Waals surface area contributed by atoms with E-state index in [-0.39, 0.29) is 26.1 Å². The molecule has 0 N–H and O–H groups in total. The third-order valence-corrected chi connectivity index (χ3v) is 14.0. The Morgan fingerprint density at radius 1 is 0.378 bits per heavy atom.